The number of thiazole rings is 1. The van der Waals surface area contributed by atoms with Crippen LogP contribution in [0.3, 0.4) is 0 Å². The molecular formula is C15H13FN2O2S. The number of amides is 1. The molecule has 108 valence electrons. The van der Waals surface area contributed by atoms with Gasteiger partial charge in [0, 0.05) is 6.42 Å². The van der Waals surface area contributed by atoms with E-state index in [0.717, 1.165) is 0 Å². The summed E-state index contributed by atoms with van der Waals surface area (Å²) in [5.41, 5.74) is 0.399. The SMILES string of the molecule is Cc1cccc(C(=O)Nc2ncc(C#CCCO)s2)c1F. The number of anilines is 1. The van der Waals surface area contributed by atoms with Crippen molar-refractivity contribution < 1.29 is 14.3 Å². The number of hydrogen-bond donors (Lipinski definition) is 2. The fourth-order valence-corrected chi connectivity index (χ4v) is 2.27. The average Bonchev–Trinajstić information content (AvgIpc) is 2.89. The Labute approximate surface area is 125 Å². The van der Waals surface area contributed by atoms with Crippen molar-refractivity contribution in [3.8, 4) is 11.8 Å². The van der Waals surface area contributed by atoms with Crippen molar-refractivity contribution in [2.24, 2.45) is 0 Å². The maximum absolute atomic E-state index is 13.8. The number of nitrogens with one attached hydrogen (secondary N) is 1. The first-order valence-corrected chi connectivity index (χ1v) is 7.05. The standard InChI is InChI=1S/C15H13FN2O2S/c1-10-5-4-7-12(13(10)16)14(20)18-15-17-9-11(21-15)6-2-3-8-19/h4-5,7,9,19H,3,8H2,1H3,(H,17,18,20). The van der Waals surface area contributed by atoms with Crippen LogP contribution in [0.2, 0.25) is 0 Å². The molecule has 0 bridgehead atoms. The molecule has 0 aliphatic carbocycles. The molecule has 6 heteroatoms. The number of rotatable bonds is 3. The van der Waals surface area contributed by atoms with Crippen molar-refractivity contribution in [1.82, 2.24) is 4.98 Å². The molecule has 0 saturated carbocycles. The molecule has 21 heavy (non-hydrogen) atoms. The summed E-state index contributed by atoms with van der Waals surface area (Å²) in [7, 11) is 0. The maximum atomic E-state index is 13.8. The van der Waals surface area contributed by atoms with Gasteiger partial charge in [-0.2, -0.15) is 0 Å². The third kappa shape index (κ3) is 3.88. The predicted octanol–water partition coefficient (Wildman–Crippen LogP) is 2.58. The van der Waals surface area contributed by atoms with E-state index in [1.807, 2.05) is 0 Å². The highest BCUT2D eigenvalue weighted by Gasteiger charge is 2.14. The van der Waals surface area contributed by atoms with E-state index in [-0.39, 0.29) is 12.2 Å². The van der Waals surface area contributed by atoms with Gasteiger partial charge in [0.25, 0.3) is 5.91 Å². The molecule has 0 fully saturated rings. The molecule has 0 aliphatic rings. The van der Waals surface area contributed by atoms with Crippen molar-refractivity contribution in [1.29, 1.82) is 0 Å². The Morgan fingerprint density at radius 2 is 2.33 bits per heavy atom. The first-order valence-electron chi connectivity index (χ1n) is 6.24. The number of hydrogen-bond acceptors (Lipinski definition) is 4. The number of carbonyl (C=O) groups is 1. The van der Waals surface area contributed by atoms with Crippen LogP contribution >= 0.6 is 11.3 Å². The van der Waals surface area contributed by atoms with Crippen molar-refractivity contribution in [2.45, 2.75) is 13.3 Å². The number of benzene rings is 1. The van der Waals surface area contributed by atoms with Gasteiger partial charge in [-0.15, -0.1) is 0 Å². The molecule has 0 radical (unpaired) electrons. The third-order valence-corrected chi connectivity index (χ3v) is 3.44. The van der Waals surface area contributed by atoms with Crippen LogP contribution in [-0.2, 0) is 0 Å². The fraction of sp³-hybridized carbons (Fsp3) is 0.200. The number of carbonyl (C=O) groups excluding carboxylic acids is 1. The summed E-state index contributed by atoms with van der Waals surface area (Å²) >= 11 is 1.20. The van der Waals surface area contributed by atoms with Crippen molar-refractivity contribution >= 4 is 22.4 Å². The zero-order chi connectivity index (χ0) is 15.2. The van der Waals surface area contributed by atoms with E-state index in [4.69, 9.17) is 5.11 Å². The summed E-state index contributed by atoms with van der Waals surface area (Å²) in [6, 6.07) is 4.65. The monoisotopic (exact) mass is 304 g/mol. The average molecular weight is 304 g/mol. The Kier molecular flexibility index (Phi) is 5.04. The second kappa shape index (κ2) is 6.97. The molecule has 0 unspecified atom stereocenters. The summed E-state index contributed by atoms with van der Waals surface area (Å²) in [4.78, 5) is 16.7. The lowest BCUT2D eigenvalue weighted by molar-refractivity contribution is 0.102. The van der Waals surface area contributed by atoms with Gasteiger partial charge < -0.3 is 5.11 Å². The van der Waals surface area contributed by atoms with Gasteiger partial charge >= 0.3 is 0 Å². The highest BCUT2D eigenvalue weighted by Crippen LogP contribution is 2.19. The van der Waals surface area contributed by atoms with Crippen LogP contribution in [0, 0.1) is 24.6 Å². The number of halogens is 1. The van der Waals surface area contributed by atoms with Crippen LogP contribution in [0.15, 0.2) is 24.4 Å². The van der Waals surface area contributed by atoms with Gasteiger partial charge in [-0.25, -0.2) is 9.37 Å². The van der Waals surface area contributed by atoms with Gasteiger partial charge in [-0.3, -0.25) is 10.1 Å². The maximum Gasteiger partial charge on any atom is 0.260 e. The molecule has 1 aromatic heterocycles. The number of aryl methyl sites for hydroxylation is 1. The number of nitrogens with zero attached hydrogens (tertiary/aromatic N) is 1. The van der Waals surface area contributed by atoms with Gasteiger partial charge in [0.05, 0.1) is 23.2 Å². The second-order valence-electron chi connectivity index (χ2n) is 4.20. The molecule has 1 heterocycles. The van der Waals surface area contributed by atoms with Gasteiger partial charge in [0.1, 0.15) is 5.82 Å². The lowest BCUT2D eigenvalue weighted by Crippen LogP contribution is -2.14. The molecule has 0 aliphatic heterocycles. The number of aromatic nitrogens is 1. The molecule has 2 N–H and O–H groups in total. The van der Waals surface area contributed by atoms with Gasteiger partial charge in [0.15, 0.2) is 5.13 Å². The van der Waals surface area contributed by atoms with Crippen molar-refractivity contribution in [2.75, 3.05) is 11.9 Å². The lowest BCUT2D eigenvalue weighted by Gasteiger charge is -2.04. The van der Waals surface area contributed by atoms with E-state index >= 15 is 0 Å². The van der Waals surface area contributed by atoms with Crippen LogP contribution < -0.4 is 5.32 Å². The van der Waals surface area contributed by atoms with E-state index < -0.39 is 11.7 Å². The quantitative estimate of drug-likeness (QED) is 0.857. The lowest BCUT2D eigenvalue weighted by atomic mass is 10.1. The van der Waals surface area contributed by atoms with E-state index in [0.29, 0.717) is 22.0 Å². The fourth-order valence-electron chi connectivity index (χ4n) is 1.58. The Morgan fingerprint density at radius 3 is 3.10 bits per heavy atom. The van der Waals surface area contributed by atoms with E-state index in [1.54, 1.807) is 19.1 Å². The summed E-state index contributed by atoms with van der Waals surface area (Å²) in [5, 5.41) is 11.5. The molecule has 1 amide bonds. The van der Waals surface area contributed by atoms with Crippen molar-refractivity contribution in [3.05, 3.63) is 46.2 Å². The Hall–Kier alpha value is -2.23. The molecule has 0 spiro atoms. The molecule has 2 aromatic rings. The Morgan fingerprint density at radius 1 is 1.52 bits per heavy atom. The molecule has 4 nitrogen and oxygen atoms in total. The van der Waals surface area contributed by atoms with Crippen LogP contribution in [0.25, 0.3) is 0 Å². The van der Waals surface area contributed by atoms with Crippen LogP contribution in [0.5, 0.6) is 0 Å². The normalized spacial score (nSPS) is 9.86. The van der Waals surface area contributed by atoms with E-state index in [2.05, 4.69) is 22.1 Å². The molecule has 2 rings (SSSR count). The van der Waals surface area contributed by atoms with Crippen LogP contribution in [0.4, 0.5) is 9.52 Å². The highest BCUT2D eigenvalue weighted by molar-refractivity contribution is 7.16. The first-order chi connectivity index (χ1) is 10.1. The van der Waals surface area contributed by atoms with E-state index in [9.17, 15) is 9.18 Å². The minimum absolute atomic E-state index is 0.00202. The highest BCUT2D eigenvalue weighted by atomic mass is 32.1. The molecular weight excluding hydrogens is 291 g/mol. The summed E-state index contributed by atoms with van der Waals surface area (Å²) in [5.74, 6) is 4.51. The topological polar surface area (TPSA) is 62.2 Å². The third-order valence-electron chi connectivity index (χ3n) is 2.61. The van der Waals surface area contributed by atoms with Crippen LogP contribution in [-0.4, -0.2) is 22.6 Å². The predicted molar refractivity (Wildman–Crippen MR) is 79.8 cm³/mol. The van der Waals surface area contributed by atoms with Crippen LogP contribution in [0.1, 0.15) is 27.2 Å². The minimum Gasteiger partial charge on any atom is -0.395 e. The zero-order valence-corrected chi connectivity index (χ0v) is 12.1. The molecule has 0 saturated heterocycles. The minimum atomic E-state index is -0.541. The van der Waals surface area contributed by atoms with Gasteiger partial charge in [-0.1, -0.05) is 35.3 Å². The molecule has 1 aromatic carbocycles. The Bertz CT molecular complexity index is 716. The van der Waals surface area contributed by atoms with Gasteiger partial charge in [-0.05, 0) is 18.6 Å². The van der Waals surface area contributed by atoms with E-state index in [1.165, 1.54) is 23.6 Å². The molecule has 0 atom stereocenters. The smallest absolute Gasteiger partial charge is 0.260 e. The summed E-state index contributed by atoms with van der Waals surface area (Å²) in [6.45, 7) is 1.60. The Balaban J connectivity index is 2.10. The second-order valence-corrected chi connectivity index (χ2v) is 5.23. The largest absolute Gasteiger partial charge is 0.395 e. The van der Waals surface area contributed by atoms with Gasteiger partial charge in [0.2, 0.25) is 0 Å². The zero-order valence-electron chi connectivity index (χ0n) is 11.3. The summed E-state index contributed by atoms with van der Waals surface area (Å²) in [6.07, 6.45) is 1.91. The summed E-state index contributed by atoms with van der Waals surface area (Å²) < 4.78 is 13.8. The number of aliphatic hydroxyl groups is 1. The van der Waals surface area contributed by atoms with Crippen molar-refractivity contribution in [3.63, 3.8) is 0 Å². The number of aliphatic hydroxyl groups excluding tert-OH is 1. The first kappa shape index (κ1) is 15.2.